The first-order valence-corrected chi connectivity index (χ1v) is 8.67. The van der Waals surface area contributed by atoms with E-state index in [-0.39, 0.29) is 5.76 Å². The lowest BCUT2D eigenvalue weighted by Crippen LogP contribution is -2.41. The van der Waals surface area contributed by atoms with Gasteiger partial charge in [-0.15, -0.1) is 0 Å². The molecule has 3 aromatic rings. The minimum Gasteiger partial charge on any atom is -0.450 e. The highest BCUT2D eigenvalue weighted by atomic mass is 16.3. The Kier molecular flexibility index (Phi) is 4.90. The molecule has 0 unspecified atom stereocenters. The number of nitrogens with one attached hydrogen (secondary N) is 2. The molecule has 0 radical (unpaired) electrons. The summed E-state index contributed by atoms with van der Waals surface area (Å²) >= 11 is 0. The first-order chi connectivity index (χ1) is 12.8. The molecule has 1 aromatic heterocycles. The van der Waals surface area contributed by atoms with E-state index in [1.165, 1.54) is 0 Å². The first kappa shape index (κ1) is 18.5. The van der Waals surface area contributed by atoms with Crippen molar-refractivity contribution in [3.8, 4) is 0 Å². The van der Waals surface area contributed by atoms with Crippen molar-refractivity contribution in [1.29, 1.82) is 0 Å². The lowest BCUT2D eigenvalue weighted by molar-refractivity contribution is 0.0831. The Balaban J connectivity index is 1.78. The topological polar surface area (TPSA) is 74.6 Å². The number of furan rings is 1. The number of carbonyl (C=O) groups is 2. The molecule has 0 spiro atoms. The van der Waals surface area contributed by atoms with E-state index in [1.54, 1.807) is 18.2 Å². The van der Waals surface area contributed by atoms with Gasteiger partial charge in [0, 0.05) is 36.3 Å². The summed E-state index contributed by atoms with van der Waals surface area (Å²) in [5, 5.41) is 0.935. The van der Waals surface area contributed by atoms with Crippen molar-refractivity contribution in [2.24, 2.45) is 0 Å². The van der Waals surface area contributed by atoms with Crippen molar-refractivity contribution >= 4 is 28.5 Å². The summed E-state index contributed by atoms with van der Waals surface area (Å²) in [6, 6.07) is 11.1. The van der Waals surface area contributed by atoms with Crippen molar-refractivity contribution in [2.75, 3.05) is 19.0 Å². The molecule has 140 valence electrons. The minimum atomic E-state index is -0.486. The summed E-state index contributed by atoms with van der Waals surface area (Å²) < 4.78 is 5.79. The van der Waals surface area contributed by atoms with Crippen LogP contribution in [0.25, 0.3) is 11.0 Å². The summed E-state index contributed by atoms with van der Waals surface area (Å²) in [5.41, 5.74) is 9.69. The maximum Gasteiger partial charge on any atom is 0.305 e. The van der Waals surface area contributed by atoms with Crippen LogP contribution in [0.3, 0.4) is 0 Å². The van der Waals surface area contributed by atoms with Crippen LogP contribution in [0.2, 0.25) is 0 Å². The number of hydrazine groups is 1. The number of rotatable bonds is 3. The fraction of sp³-hybridized carbons (Fsp3) is 0.238. The normalized spacial score (nSPS) is 10.7. The Morgan fingerprint density at radius 2 is 1.59 bits per heavy atom. The van der Waals surface area contributed by atoms with Crippen molar-refractivity contribution in [3.63, 3.8) is 0 Å². The third-order valence-electron chi connectivity index (χ3n) is 4.60. The number of nitrogens with zero attached hydrogens (tertiary/aromatic N) is 1. The molecule has 0 saturated carbocycles. The van der Waals surface area contributed by atoms with Gasteiger partial charge in [-0.2, -0.15) is 0 Å². The molecule has 2 aromatic carbocycles. The number of hydrogen-bond acceptors (Lipinski definition) is 4. The SMILES string of the molecule is Cc1ccc(C)c2c(C)c(C(=O)NNC(=O)c3cccc(N(C)C)c3)oc12. The highest BCUT2D eigenvalue weighted by molar-refractivity contribution is 6.02. The Bertz CT molecular complexity index is 1030. The average molecular weight is 365 g/mol. The number of aryl methyl sites for hydroxylation is 3. The lowest BCUT2D eigenvalue weighted by atomic mass is 10.0. The molecule has 2 amide bonds. The standard InChI is InChI=1S/C21H23N3O3/c1-12-9-10-13(2)18-17(12)14(3)19(27-18)21(26)23-22-20(25)15-7-6-8-16(11-15)24(4)5/h6-11H,1-5H3,(H,22,25)(H,23,26). The van der Waals surface area contributed by atoms with E-state index in [0.29, 0.717) is 11.1 Å². The molecule has 0 aliphatic heterocycles. The highest BCUT2D eigenvalue weighted by Gasteiger charge is 2.20. The second-order valence-electron chi connectivity index (χ2n) is 6.81. The van der Waals surface area contributed by atoms with Crippen LogP contribution in [0, 0.1) is 20.8 Å². The zero-order valence-electron chi connectivity index (χ0n) is 16.1. The van der Waals surface area contributed by atoms with E-state index < -0.39 is 11.8 Å². The predicted octanol–water partition coefficient (Wildman–Crippen LogP) is 3.50. The van der Waals surface area contributed by atoms with Gasteiger partial charge in [-0.3, -0.25) is 20.4 Å². The maximum atomic E-state index is 12.5. The van der Waals surface area contributed by atoms with E-state index in [1.807, 2.05) is 58.0 Å². The van der Waals surface area contributed by atoms with Crippen LogP contribution in [-0.2, 0) is 0 Å². The summed E-state index contributed by atoms with van der Waals surface area (Å²) in [6.45, 7) is 5.76. The Labute approximate surface area is 158 Å². The van der Waals surface area contributed by atoms with Gasteiger partial charge in [0.05, 0.1) is 0 Å². The Hall–Kier alpha value is -3.28. The average Bonchev–Trinajstić information content (AvgIpc) is 3.01. The third kappa shape index (κ3) is 3.51. The largest absolute Gasteiger partial charge is 0.450 e. The molecule has 6 heteroatoms. The van der Waals surface area contributed by atoms with E-state index in [2.05, 4.69) is 10.9 Å². The van der Waals surface area contributed by atoms with Gasteiger partial charge in [0.25, 0.3) is 5.91 Å². The summed E-state index contributed by atoms with van der Waals surface area (Å²) in [6.07, 6.45) is 0. The molecular weight excluding hydrogens is 342 g/mol. The molecule has 0 fully saturated rings. The van der Waals surface area contributed by atoms with Gasteiger partial charge in [0.15, 0.2) is 5.76 Å². The van der Waals surface area contributed by atoms with Gasteiger partial charge in [-0.05, 0) is 50.1 Å². The highest BCUT2D eigenvalue weighted by Crippen LogP contribution is 2.30. The fourth-order valence-corrected chi connectivity index (χ4v) is 3.06. The Morgan fingerprint density at radius 3 is 2.26 bits per heavy atom. The molecule has 0 aliphatic carbocycles. The molecular formula is C21H23N3O3. The molecule has 6 nitrogen and oxygen atoms in total. The van der Waals surface area contributed by atoms with Crippen molar-refractivity contribution in [2.45, 2.75) is 20.8 Å². The van der Waals surface area contributed by atoms with E-state index in [4.69, 9.17) is 4.42 Å². The zero-order chi connectivity index (χ0) is 19.7. The number of amides is 2. The van der Waals surface area contributed by atoms with Crippen LogP contribution in [0.5, 0.6) is 0 Å². The Morgan fingerprint density at radius 1 is 0.926 bits per heavy atom. The summed E-state index contributed by atoms with van der Waals surface area (Å²) in [4.78, 5) is 26.8. The molecule has 0 saturated heterocycles. The second-order valence-corrected chi connectivity index (χ2v) is 6.81. The zero-order valence-corrected chi connectivity index (χ0v) is 16.1. The van der Waals surface area contributed by atoms with Gasteiger partial charge in [0.2, 0.25) is 0 Å². The van der Waals surface area contributed by atoms with Gasteiger partial charge in [-0.25, -0.2) is 0 Å². The van der Waals surface area contributed by atoms with Crippen LogP contribution in [0.15, 0.2) is 40.8 Å². The number of anilines is 1. The fourth-order valence-electron chi connectivity index (χ4n) is 3.06. The predicted molar refractivity (Wildman–Crippen MR) is 106 cm³/mol. The van der Waals surface area contributed by atoms with Gasteiger partial charge in [0.1, 0.15) is 5.58 Å². The van der Waals surface area contributed by atoms with Crippen LogP contribution in [0.1, 0.15) is 37.6 Å². The quantitative estimate of drug-likeness (QED) is 0.697. The maximum absolute atomic E-state index is 12.5. The monoisotopic (exact) mass is 365 g/mol. The minimum absolute atomic E-state index is 0.199. The van der Waals surface area contributed by atoms with E-state index in [9.17, 15) is 9.59 Å². The number of benzene rings is 2. The summed E-state index contributed by atoms with van der Waals surface area (Å²) in [5.74, 6) is -0.683. The first-order valence-electron chi connectivity index (χ1n) is 8.67. The van der Waals surface area contributed by atoms with Gasteiger partial charge >= 0.3 is 5.91 Å². The second kappa shape index (κ2) is 7.15. The van der Waals surface area contributed by atoms with Gasteiger partial charge in [-0.1, -0.05) is 18.2 Å². The molecule has 0 aliphatic rings. The molecule has 0 atom stereocenters. The summed E-state index contributed by atoms with van der Waals surface area (Å²) in [7, 11) is 3.79. The molecule has 2 N–H and O–H groups in total. The molecule has 27 heavy (non-hydrogen) atoms. The van der Waals surface area contributed by atoms with Crippen molar-refractivity contribution in [1.82, 2.24) is 10.9 Å². The molecule has 1 heterocycles. The van der Waals surface area contributed by atoms with Crippen molar-refractivity contribution < 1.29 is 14.0 Å². The molecule has 3 rings (SSSR count). The van der Waals surface area contributed by atoms with Crippen LogP contribution in [-0.4, -0.2) is 25.9 Å². The number of hydrogen-bond donors (Lipinski definition) is 2. The van der Waals surface area contributed by atoms with E-state index in [0.717, 1.165) is 27.8 Å². The lowest BCUT2D eigenvalue weighted by Gasteiger charge is -2.13. The van der Waals surface area contributed by atoms with Crippen LogP contribution < -0.4 is 15.8 Å². The third-order valence-corrected chi connectivity index (χ3v) is 4.60. The number of carbonyl (C=O) groups excluding carboxylic acids is 2. The van der Waals surface area contributed by atoms with Crippen LogP contribution >= 0.6 is 0 Å². The smallest absolute Gasteiger partial charge is 0.305 e. The molecule has 0 bridgehead atoms. The van der Waals surface area contributed by atoms with Crippen LogP contribution in [0.4, 0.5) is 5.69 Å². The van der Waals surface area contributed by atoms with Gasteiger partial charge < -0.3 is 9.32 Å². The van der Waals surface area contributed by atoms with Crippen molar-refractivity contribution in [3.05, 3.63) is 64.4 Å². The van der Waals surface area contributed by atoms with E-state index >= 15 is 0 Å². The number of fused-ring (bicyclic) bond motifs is 1.